The van der Waals surface area contributed by atoms with Gasteiger partial charge in [-0.25, -0.2) is 0 Å². The fraction of sp³-hybridized carbons (Fsp3) is 0.375. The van der Waals surface area contributed by atoms with E-state index in [1.807, 2.05) is 24.3 Å². The number of hydrogen-bond acceptors (Lipinski definition) is 3. The van der Waals surface area contributed by atoms with Crippen LogP contribution in [0.3, 0.4) is 0 Å². The van der Waals surface area contributed by atoms with Crippen molar-refractivity contribution >= 4 is 10.8 Å². The fourth-order valence-electron chi connectivity index (χ4n) is 2.47. The van der Waals surface area contributed by atoms with Gasteiger partial charge < -0.3 is 14.4 Å². The molecule has 1 atom stereocenters. The maximum atomic E-state index is 5.96. The third-order valence-corrected chi connectivity index (χ3v) is 3.52. The van der Waals surface area contributed by atoms with Crippen LogP contribution in [0.2, 0.25) is 0 Å². The van der Waals surface area contributed by atoms with E-state index in [1.54, 1.807) is 0 Å². The normalized spacial score (nSPS) is 20.6. The summed E-state index contributed by atoms with van der Waals surface area (Å²) in [6.07, 6.45) is 0.165. The van der Waals surface area contributed by atoms with Crippen LogP contribution in [0.25, 0.3) is 10.8 Å². The molecule has 0 amide bonds. The number of likely N-dealkylation sites (N-methyl/N-ethyl adjacent to an activating group) is 1. The molecule has 3 heteroatoms. The summed E-state index contributed by atoms with van der Waals surface area (Å²) in [5.74, 6) is 0.940. The third kappa shape index (κ3) is 2.88. The number of benzene rings is 2. The first kappa shape index (κ1) is 12.5. The lowest BCUT2D eigenvalue weighted by atomic mass is 10.1. The molecule has 1 heterocycles. The Morgan fingerprint density at radius 3 is 2.95 bits per heavy atom. The van der Waals surface area contributed by atoms with E-state index in [0.29, 0.717) is 6.61 Å². The van der Waals surface area contributed by atoms with E-state index in [0.717, 1.165) is 30.8 Å². The van der Waals surface area contributed by atoms with Gasteiger partial charge >= 0.3 is 0 Å². The molecular weight excluding hydrogens is 238 g/mol. The van der Waals surface area contributed by atoms with Crippen LogP contribution >= 0.6 is 0 Å². The maximum Gasteiger partial charge on any atom is 0.127 e. The summed E-state index contributed by atoms with van der Waals surface area (Å²) in [4.78, 5) is 2.28. The van der Waals surface area contributed by atoms with Gasteiger partial charge in [0.15, 0.2) is 0 Å². The molecule has 0 spiro atoms. The number of ether oxygens (including phenoxy) is 2. The summed E-state index contributed by atoms with van der Waals surface area (Å²) in [5, 5.41) is 2.37. The number of hydrogen-bond donors (Lipinski definition) is 0. The Hall–Kier alpha value is -1.58. The van der Waals surface area contributed by atoms with Crippen LogP contribution in [0.5, 0.6) is 5.75 Å². The fourth-order valence-corrected chi connectivity index (χ4v) is 2.47. The van der Waals surface area contributed by atoms with Crippen molar-refractivity contribution in [3.63, 3.8) is 0 Å². The second-order valence-electron chi connectivity index (χ2n) is 5.04. The van der Waals surface area contributed by atoms with Crippen LogP contribution in [0.4, 0.5) is 0 Å². The lowest BCUT2D eigenvalue weighted by Crippen LogP contribution is -2.42. The van der Waals surface area contributed by atoms with Crippen molar-refractivity contribution in [3.05, 3.63) is 42.5 Å². The first-order chi connectivity index (χ1) is 9.33. The molecule has 1 saturated heterocycles. The highest BCUT2D eigenvalue weighted by molar-refractivity contribution is 5.88. The molecule has 3 nitrogen and oxygen atoms in total. The smallest absolute Gasteiger partial charge is 0.127 e. The Morgan fingerprint density at radius 1 is 1.21 bits per heavy atom. The van der Waals surface area contributed by atoms with E-state index in [1.165, 1.54) is 5.39 Å². The summed E-state index contributed by atoms with van der Waals surface area (Å²) >= 11 is 0. The lowest BCUT2D eigenvalue weighted by Gasteiger charge is -2.29. The summed E-state index contributed by atoms with van der Waals surface area (Å²) < 4.78 is 11.7. The van der Waals surface area contributed by atoms with E-state index in [-0.39, 0.29) is 6.10 Å². The molecule has 100 valence electrons. The second kappa shape index (κ2) is 5.59. The van der Waals surface area contributed by atoms with Crippen LogP contribution in [0.1, 0.15) is 0 Å². The number of morpholine rings is 1. The first-order valence-corrected chi connectivity index (χ1v) is 6.73. The van der Waals surface area contributed by atoms with Gasteiger partial charge in [0.25, 0.3) is 0 Å². The zero-order valence-electron chi connectivity index (χ0n) is 11.2. The molecule has 0 bridgehead atoms. The Kier molecular flexibility index (Phi) is 3.67. The van der Waals surface area contributed by atoms with E-state index < -0.39 is 0 Å². The van der Waals surface area contributed by atoms with Gasteiger partial charge in [0.05, 0.1) is 6.61 Å². The van der Waals surface area contributed by atoms with Crippen molar-refractivity contribution < 1.29 is 9.47 Å². The van der Waals surface area contributed by atoms with E-state index in [9.17, 15) is 0 Å². The first-order valence-electron chi connectivity index (χ1n) is 6.73. The van der Waals surface area contributed by atoms with Crippen molar-refractivity contribution in [2.75, 3.05) is 33.4 Å². The molecule has 19 heavy (non-hydrogen) atoms. The van der Waals surface area contributed by atoms with Crippen molar-refractivity contribution in [3.8, 4) is 5.75 Å². The average Bonchev–Trinajstić information content (AvgIpc) is 2.45. The van der Waals surface area contributed by atoms with Crippen LogP contribution in [0, 0.1) is 0 Å². The standard InChI is InChI=1S/C16H19NO2/c1-17-9-10-18-14(11-17)12-19-16-8-4-6-13-5-2-3-7-15(13)16/h2-8,14H,9-12H2,1H3. The van der Waals surface area contributed by atoms with Crippen LogP contribution in [-0.2, 0) is 4.74 Å². The van der Waals surface area contributed by atoms with E-state index in [4.69, 9.17) is 9.47 Å². The monoisotopic (exact) mass is 257 g/mol. The molecular formula is C16H19NO2. The molecule has 1 aliphatic heterocycles. The predicted octanol–water partition coefficient (Wildman–Crippen LogP) is 2.55. The van der Waals surface area contributed by atoms with Gasteiger partial charge in [-0.2, -0.15) is 0 Å². The largest absolute Gasteiger partial charge is 0.490 e. The minimum atomic E-state index is 0.165. The second-order valence-corrected chi connectivity index (χ2v) is 5.04. The van der Waals surface area contributed by atoms with Crippen LogP contribution in [0.15, 0.2) is 42.5 Å². The van der Waals surface area contributed by atoms with E-state index >= 15 is 0 Å². The summed E-state index contributed by atoms with van der Waals surface area (Å²) in [6, 6.07) is 14.4. The minimum absolute atomic E-state index is 0.165. The number of fused-ring (bicyclic) bond motifs is 1. The van der Waals surface area contributed by atoms with Gasteiger partial charge in [-0.05, 0) is 18.5 Å². The van der Waals surface area contributed by atoms with Gasteiger partial charge in [0.2, 0.25) is 0 Å². The molecule has 0 saturated carbocycles. The molecule has 0 aliphatic carbocycles. The molecule has 2 aromatic rings. The average molecular weight is 257 g/mol. The van der Waals surface area contributed by atoms with Crippen molar-refractivity contribution in [2.24, 2.45) is 0 Å². The van der Waals surface area contributed by atoms with Crippen molar-refractivity contribution in [1.82, 2.24) is 4.90 Å². The number of nitrogens with zero attached hydrogens (tertiary/aromatic N) is 1. The maximum absolute atomic E-state index is 5.96. The van der Waals surface area contributed by atoms with E-state index in [2.05, 4.69) is 30.1 Å². The van der Waals surface area contributed by atoms with Crippen LogP contribution in [-0.4, -0.2) is 44.4 Å². The minimum Gasteiger partial charge on any atom is -0.490 e. The molecule has 0 aromatic heterocycles. The Balaban J connectivity index is 1.71. The van der Waals surface area contributed by atoms with Gasteiger partial charge in [0, 0.05) is 18.5 Å². The topological polar surface area (TPSA) is 21.7 Å². The zero-order valence-corrected chi connectivity index (χ0v) is 11.2. The quantitative estimate of drug-likeness (QED) is 0.843. The molecule has 1 fully saturated rings. The summed E-state index contributed by atoms with van der Waals surface area (Å²) in [6.45, 7) is 3.34. The Labute approximate surface area is 113 Å². The van der Waals surface area contributed by atoms with Crippen molar-refractivity contribution in [1.29, 1.82) is 0 Å². The van der Waals surface area contributed by atoms with Crippen LogP contribution < -0.4 is 4.74 Å². The van der Waals surface area contributed by atoms with Gasteiger partial charge in [0.1, 0.15) is 18.5 Å². The van der Waals surface area contributed by atoms with Gasteiger partial charge in [-0.15, -0.1) is 0 Å². The highest BCUT2D eigenvalue weighted by Gasteiger charge is 2.18. The Morgan fingerprint density at radius 2 is 2.05 bits per heavy atom. The SMILES string of the molecule is CN1CCOC(COc2cccc3ccccc23)C1. The molecule has 0 radical (unpaired) electrons. The Bertz CT molecular complexity index is 550. The molecule has 2 aromatic carbocycles. The molecule has 1 unspecified atom stereocenters. The van der Waals surface area contributed by atoms with Gasteiger partial charge in [-0.1, -0.05) is 36.4 Å². The lowest BCUT2D eigenvalue weighted by molar-refractivity contribution is -0.0401. The van der Waals surface area contributed by atoms with Crippen molar-refractivity contribution in [2.45, 2.75) is 6.10 Å². The van der Waals surface area contributed by atoms with Gasteiger partial charge in [-0.3, -0.25) is 0 Å². The summed E-state index contributed by atoms with van der Waals surface area (Å²) in [7, 11) is 2.12. The third-order valence-electron chi connectivity index (χ3n) is 3.52. The molecule has 0 N–H and O–H groups in total. The highest BCUT2D eigenvalue weighted by Crippen LogP contribution is 2.25. The number of rotatable bonds is 3. The molecule has 1 aliphatic rings. The molecule has 3 rings (SSSR count). The summed E-state index contributed by atoms with van der Waals surface area (Å²) in [5.41, 5.74) is 0. The zero-order chi connectivity index (χ0) is 13.1. The predicted molar refractivity (Wildman–Crippen MR) is 76.7 cm³/mol. The highest BCUT2D eigenvalue weighted by atomic mass is 16.5.